The minimum absolute atomic E-state index is 0.0412. The molecular weight excluding hydrogens is 325 g/mol. The van der Waals surface area contributed by atoms with Crippen LogP contribution in [-0.2, 0) is 9.53 Å². The molecule has 25 heavy (non-hydrogen) atoms. The van der Waals surface area contributed by atoms with Gasteiger partial charge in [-0.05, 0) is 42.5 Å². The minimum atomic E-state index is -0.770. The summed E-state index contributed by atoms with van der Waals surface area (Å²) in [5.41, 5.74) is 0.959. The van der Waals surface area contributed by atoms with Crippen molar-refractivity contribution < 1.29 is 23.5 Å². The highest BCUT2D eigenvalue weighted by molar-refractivity contribution is 6.00. The normalized spacial score (nSPS) is 10.4. The molecular formula is C19H18FNO4. The molecule has 1 amide bonds. The fourth-order valence-electron chi connectivity index (χ4n) is 1.94. The Morgan fingerprint density at radius 2 is 1.72 bits per heavy atom. The van der Waals surface area contributed by atoms with E-state index in [1.807, 2.05) is 0 Å². The van der Waals surface area contributed by atoms with Crippen LogP contribution in [0, 0.1) is 11.7 Å². The van der Waals surface area contributed by atoms with Crippen molar-refractivity contribution in [1.82, 2.24) is 0 Å². The Morgan fingerprint density at radius 1 is 1.04 bits per heavy atom. The molecule has 0 unspecified atom stereocenters. The summed E-state index contributed by atoms with van der Waals surface area (Å²) in [7, 11) is 0. The highest BCUT2D eigenvalue weighted by Crippen LogP contribution is 2.12. The van der Waals surface area contributed by atoms with Crippen LogP contribution in [0.25, 0.3) is 0 Å². The van der Waals surface area contributed by atoms with E-state index in [4.69, 9.17) is 4.74 Å². The number of anilines is 1. The Labute approximate surface area is 144 Å². The van der Waals surface area contributed by atoms with E-state index in [9.17, 15) is 18.8 Å². The predicted molar refractivity (Wildman–Crippen MR) is 90.9 cm³/mol. The Morgan fingerprint density at radius 3 is 2.32 bits per heavy atom. The van der Waals surface area contributed by atoms with Crippen molar-refractivity contribution in [2.45, 2.75) is 13.8 Å². The molecule has 0 heterocycles. The summed E-state index contributed by atoms with van der Waals surface area (Å²) in [6.45, 7) is 3.10. The highest BCUT2D eigenvalue weighted by atomic mass is 19.1. The lowest BCUT2D eigenvalue weighted by Gasteiger charge is -2.08. The van der Waals surface area contributed by atoms with Gasteiger partial charge in [0.2, 0.25) is 5.91 Å². The molecule has 2 rings (SSSR count). The van der Waals surface area contributed by atoms with E-state index in [-0.39, 0.29) is 17.4 Å². The standard InChI is InChI=1S/C19H18FNO4/c1-12(2)18(23)21-16-8-6-13(7-9-16)17(22)11-25-19(24)14-4-3-5-15(20)10-14/h3-10,12H,11H2,1-2H3,(H,21,23). The van der Waals surface area contributed by atoms with Crippen molar-refractivity contribution in [3.05, 3.63) is 65.5 Å². The molecule has 0 bridgehead atoms. The summed E-state index contributed by atoms with van der Waals surface area (Å²) >= 11 is 0. The van der Waals surface area contributed by atoms with Crippen LogP contribution in [-0.4, -0.2) is 24.3 Å². The van der Waals surface area contributed by atoms with E-state index in [2.05, 4.69) is 5.32 Å². The number of Topliss-reactive ketones (excluding diaryl/α,β-unsaturated/α-hetero) is 1. The lowest BCUT2D eigenvalue weighted by Crippen LogP contribution is -2.18. The Hall–Kier alpha value is -3.02. The number of hydrogen-bond acceptors (Lipinski definition) is 4. The number of rotatable bonds is 6. The second-order valence-corrected chi connectivity index (χ2v) is 5.73. The van der Waals surface area contributed by atoms with Crippen LogP contribution in [0.4, 0.5) is 10.1 Å². The third kappa shape index (κ3) is 5.24. The van der Waals surface area contributed by atoms with Crippen LogP contribution in [0.3, 0.4) is 0 Å². The molecule has 0 atom stereocenters. The molecule has 0 aliphatic rings. The van der Waals surface area contributed by atoms with E-state index < -0.39 is 24.2 Å². The zero-order valence-electron chi connectivity index (χ0n) is 13.9. The van der Waals surface area contributed by atoms with Gasteiger partial charge in [-0.1, -0.05) is 19.9 Å². The van der Waals surface area contributed by atoms with Gasteiger partial charge in [-0.3, -0.25) is 9.59 Å². The van der Waals surface area contributed by atoms with Crippen molar-refractivity contribution in [3.63, 3.8) is 0 Å². The molecule has 0 radical (unpaired) electrons. The number of carbonyl (C=O) groups is 3. The quantitative estimate of drug-likeness (QED) is 0.644. The van der Waals surface area contributed by atoms with Gasteiger partial charge in [0.05, 0.1) is 5.56 Å². The topological polar surface area (TPSA) is 72.5 Å². The van der Waals surface area contributed by atoms with Crippen LogP contribution in [0.15, 0.2) is 48.5 Å². The molecule has 130 valence electrons. The second kappa shape index (κ2) is 8.19. The first-order valence-corrected chi connectivity index (χ1v) is 7.73. The SMILES string of the molecule is CC(C)C(=O)Nc1ccc(C(=O)COC(=O)c2cccc(F)c2)cc1. The molecule has 6 heteroatoms. The van der Waals surface area contributed by atoms with Crippen molar-refractivity contribution >= 4 is 23.3 Å². The maximum absolute atomic E-state index is 13.1. The zero-order chi connectivity index (χ0) is 18.4. The van der Waals surface area contributed by atoms with Gasteiger partial charge in [0.25, 0.3) is 0 Å². The Bertz CT molecular complexity index is 784. The predicted octanol–water partition coefficient (Wildman–Crippen LogP) is 3.46. The van der Waals surface area contributed by atoms with Crippen molar-refractivity contribution in [3.8, 4) is 0 Å². The largest absolute Gasteiger partial charge is 0.454 e. The van der Waals surface area contributed by atoms with E-state index in [1.54, 1.807) is 26.0 Å². The molecule has 1 N–H and O–H groups in total. The number of benzene rings is 2. The number of carbonyl (C=O) groups excluding carboxylic acids is 3. The summed E-state index contributed by atoms with van der Waals surface area (Å²) in [5, 5.41) is 2.71. The van der Waals surface area contributed by atoms with Gasteiger partial charge < -0.3 is 10.1 Å². The average Bonchev–Trinajstić information content (AvgIpc) is 2.59. The van der Waals surface area contributed by atoms with Crippen molar-refractivity contribution in [1.29, 1.82) is 0 Å². The van der Waals surface area contributed by atoms with E-state index in [1.165, 1.54) is 30.3 Å². The highest BCUT2D eigenvalue weighted by Gasteiger charge is 2.13. The molecule has 0 spiro atoms. The summed E-state index contributed by atoms with van der Waals surface area (Å²) in [4.78, 5) is 35.4. The lowest BCUT2D eigenvalue weighted by atomic mass is 10.1. The van der Waals surface area contributed by atoms with Gasteiger partial charge >= 0.3 is 5.97 Å². The van der Waals surface area contributed by atoms with Gasteiger partial charge in [0.15, 0.2) is 12.4 Å². The lowest BCUT2D eigenvalue weighted by molar-refractivity contribution is -0.118. The van der Waals surface area contributed by atoms with Crippen LogP contribution in [0.2, 0.25) is 0 Å². The molecule has 0 saturated heterocycles. The fourth-order valence-corrected chi connectivity index (χ4v) is 1.94. The van der Waals surface area contributed by atoms with E-state index in [0.29, 0.717) is 11.3 Å². The summed E-state index contributed by atoms with van der Waals surface area (Å²) < 4.78 is 18.0. The minimum Gasteiger partial charge on any atom is -0.454 e. The van der Waals surface area contributed by atoms with Gasteiger partial charge in [0, 0.05) is 17.2 Å². The molecule has 0 fully saturated rings. The third-order valence-electron chi connectivity index (χ3n) is 3.39. The molecule has 0 aliphatic carbocycles. The van der Waals surface area contributed by atoms with E-state index in [0.717, 1.165) is 6.07 Å². The number of amides is 1. The first kappa shape index (κ1) is 18.3. The number of ether oxygens (including phenoxy) is 1. The second-order valence-electron chi connectivity index (χ2n) is 5.73. The maximum atomic E-state index is 13.1. The molecule has 5 nitrogen and oxygen atoms in total. The van der Waals surface area contributed by atoms with Gasteiger partial charge in [-0.15, -0.1) is 0 Å². The van der Waals surface area contributed by atoms with Crippen LogP contribution >= 0.6 is 0 Å². The Balaban J connectivity index is 1.92. The first-order valence-electron chi connectivity index (χ1n) is 7.73. The van der Waals surface area contributed by atoms with Gasteiger partial charge in [-0.2, -0.15) is 0 Å². The van der Waals surface area contributed by atoms with Gasteiger partial charge in [0.1, 0.15) is 5.82 Å². The smallest absolute Gasteiger partial charge is 0.338 e. The Kier molecular flexibility index (Phi) is 6.00. The molecule has 0 aromatic heterocycles. The molecule has 0 saturated carbocycles. The number of halogens is 1. The molecule has 2 aromatic carbocycles. The first-order chi connectivity index (χ1) is 11.9. The summed E-state index contributed by atoms with van der Waals surface area (Å²) in [6.07, 6.45) is 0. The summed E-state index contributed by atoms with van der Waals surface area (Å²) in [5.74, 6) is -1.99. The zero-order valence-corrected chi connectivity index (χ0v) is 13.9. The summed E-state index contributed by atoms with van der Waals surface area (Å²) in [6, 6.07) is 11.3. The average molecular weight is 343 g/mol. The number of esters is 1. The molecule has 2 aromatic rings. The van der Waals surface area contributed by atoms with Crippen LogP contribution < -0.4 is 5.32 Å². The van der Waals surface area contributed by atoms with Crippen molar-refractivity contribution in [2.75, 3.05) is 11.9 Å². The maximum Gasteiger partial charge on any atom is 0.338 e. The third-order valence-corrected chi connectivity index (χ3v) is 3.39. The monoisotopic (exact) mass is 343 g/mol. The molecule has 0 aliphatic heterocycles. The van der Waals surface area contributed by atoms with Crippen molar-refractivity contribution in [2.24, 2.45) is 5.92 Å². The van der Waals surface area contributed by atoms with E-state index >= 15 is 0 Å². The number of nitrogens with one attached hydrogen (secondary N) is 1. The van der Waals surface area contributed by atoms with Crippen LogP contribution in [0.5, 0.6) is 0 Å². The number of ketones is 1. The van der Waals surface area contributed by atoms with Crippen LogP contribution in [0.1, 0.15) is 34.6 Å². The van der Waals surface area contributed by atoms with Gasteiger partial charge in [-0.25, -0.2) is 9.18 Å². The fraction of sp³-hybridized carbons (Fsp3) is 0.211. The number of hydrogen-bond donors (Lipinski definition) is 1.